The Labute approximate surface area is 132 Å². The van der Waals surface area contributed by atoms with Crippen LogP contribution in [0, 0.1) is 0 Å². The van der Waals surface area contributed by atoms with E-state index >= 15 is 0 Å². The van der Waals surface area contributed by atoms with Crippen LogP contribution < -0.4 is 5.32 Å². The van der Waals surface area contributed by atoms with E-state index in [-0.39, 0.29) is 18.6 Å². The van der Waals surface area contributed by atoms with E-state index < -0.39 is 17.9 Å². The maximum Gasteiger partial charge on any atom is 0.326 e. The molecule has 0 aliphatic heterocycles. The highest BCUT2D eigenvalue weighted by atomic mass is 32.2. The normalized spacial score (nSPS) is 11.9. The Balaban J connectivity index is 2.36. The van der Waals surface area contributed by atoms with E-state index in [1.807, 2.05) is 6.92 Å². The third kappa shape index (κ3) is 6.77. The monoisotopic (exact) mass is 329 g/mol. The van der Waals surface area contributed by atoms with Gasteiger partial charge in [0.15, 0.2) is 5.78 Å². The Kier molecular flexibility index (Phi) is 8.07. The highest BCUT2D eigenvalue weighted by molar-refractivity contribution is 7.99. The molecule has 1 atom stereocenters. The maximum atomic E-state index is 11.8. The summed E-state index contributed by atoms with van der Waals surface area (Å²) in [7, 11) is 0. The van der Waals surface area contributed by atoms with Gasteiger partial charge in [-0.05, 0) is 29.4 Å². The van der Waals surface area contributed by atoms with Crippen LogP contribution in [0.1, 0.15) is 35.9 Å². The van der Waals surface area contributed by atoms with Crippen LogP contribution in [-0.4, -0.2) is 40.3 Å². The first-order valence-electron chi connectivity index (χ1n) is 6.71. The van der Waals surface area contributed by atoms with E-state index in [0.29, 0.717) is 17.1 Å². The Morgan fingerprint density at radius 1 is 1.38 bits per heavy atom. The van der Waals surface area contributed by atoms with Crippen LogP contribution in [0.5, 0.6) is 0 Å². The largest absolute Gasteiger partial charge is 0.480 e. The first-order valence-corrected chi connectivity index (χ1v) is 8.74. The highest BCUT2D eigenvalue weighted by Gasteiger charge is 2.20. The van der Waals surface area contributed by atoms with Gasteiger partial charge in [0, 0.05) is 12.8 Å². The first kappa shape index (κ1) is 17.7. The molecule has 1 amide bonds. The molecule has 0 fully saturated rings. The third-order valence-electron chi connectivity index (χ3n) is 2.76. The number of amides is 1. The summed E-state index contributed by atoms with van der Waals surface area (Å²) in [5.41, 5.74) is 0. The third-order valence-corrected chi connectivity index (χ3v) is 4.61. The van der Waals surface area contributed by atoms with Crippen LogP contribution in [-0.2, 0) is 9.59 Å². The molecule has 0 bridgehead atoms. The maximum absolute atomic E-state index is 11.8. The topological polar surface area (TPSA) is 83.5 Å². The number of nitrogens with one attached hydrogen (secondary N) is 1. The van der Waals surface area contributed by atoms with Gasteiger partial charge in [-0.1, -0.05) is 13.0 Å². The van der Waals surface area contributed by atoms with Gasteiger partial charge in [0.25, 0.3) is 0 Å². The second-order valence-electron chi connectivity index (χ2n) is 4.34. The Morgan fingerprint density at radius 2 is 2.14 bits per heavy atom. The van der Waals surface area contributed by atoms with Gasteiger partial charge in [-0.3, -0.25) is 9.59 Å². The fourth-order valence-electron chi connectivity index (χ4n) is 1.66. The van der Waals surface area contributed by atoms with Gasteiger partial charge in [0.1, 0.15) is 6.04 Å². The smallest absolute Gasteiger partial charge is 0.326 e. The average molecular weight is 329 g/mol. The van der Waals surface area contributed by atoms with E-state index in [4.69, 9.17) is 5.11 Å². The lowest BCUT2D eigenvalue weighted by Gasteiger charge is -2.13. The van der Waals surface area contributed by atoms with E-state index in [1.54, 1.807) is 29.3 Å². The molecule has 21 heavy (non-hydrogen) atoms. The molecule has 1 heterocycles. The van der Waals surface area contributed by atoms with Crippen LogP contribution in [0.15, 0.2) is 17.5 Å². The Hall–Kier alpha value is -1.34. The van der Waals surface area contributed by atoms with E-state index in [0.717, 1.165) is 5.75 Å². The number of thioether (sulfide) groups is 1. The molecule has 0 saturated heterocycles. The molecule has 0 saturated carbocycles. The number of thiophene rings is 1. The Bertz CT molecular complexity index is 473. The molecule has 7 heteroatoms. The average Bonchev–Trinajstić information content (AvgIpc) is 2.98. The van der Waals surface area contributed by atoms with Crippen LogP contribution in [0.3, 0.4) is 0 Å². The lowest BCUT2D eigenvalue weighted by atomic mass is 10.1. The minimum atomic E-state index is -1.04. The van der Waals surface area contributed by atoms with Crippen LogP contribution in [0.2, 0.25) is 0 Å². The van der Waals surface area contributed by atoms with Crippen molar-refractivity contribution in [1.29, 1.82) is 0 Å². The molecular weight excluding hydrogens is 310 g/mol. The standard InChI is InChI=1S/C14H19NO4S2/c1-2-20-9-7-10(14(18)19)15-13(17)6-5-11(16)12-4-3-8-21-12/h3-4,8,10H,2,5-7,9H2,1H3,(H,15,17)(H,18,19). The first-order chi connectivity index (χ1) is 10.0. The number of carbonyl (C=O) groups is 3. The van der Waals surface area contributed by atoms with Gasteiger partial charge in [0.2, 0.25) is 5.91 Å². The number of carboxylic acid groups (broad SMARTS) is 1. The Morgan fingerprint density at radius 3 is 2.71 bits per heavy atom. The van der Waals surface area contributed by atoms with Crippen molar-refractivity contribution in [2.75, 3.05) is 11.5 Å². The van der Waals surface area contributed by atoms with Gasteiger partial charge in [-0.25, -0.2) is 4.79 Å². The van der Waals surface area contributed by atoms with E-state index in [1.165, 1.54) is 11.3 Å². The van der Waals surface area contributed by atoms with Crippen molar-refractivity contribution >= 4 is 40.8 Å². The van der Waals surface area contributed by atoms with Gasteiger partial charge in [-0.2, -0.15) is 11.8 Å². The van der Waals surface area contributed by atoms with Crippen molar-refractivity contribution in [1.82, 2.24) is 5.32 Å². The molecule has 0 spiro atoms. The molecule has 0 aliphatic carbocycles. The zero-order valence-electron chi connectivity index (χ0n) is 11.8. The number of carboxylic acids is 1. The highest BCUT2D eigenvalue weighted by Crippen LogP contribution is 2.12. The molecule has 1 rings (SSSR count). The van der Waals surface area contributed by atoms with Gasteiger partial charge >= 0.3 is 5.97 Å². The number of rotatable bonds is 10. The second kappa shape index (κ2) is 9.57. The van der Waals surface area contributed by atoms with Crippen LogP contribution >= 0.6 is 23.1 Å². The molecule has 0 radical (unpaired) electrons. The van der Waals surface area contributed by atoms with Gasteiger partial charge in [0.05, 0.1) is 4.88 Å². The molecule has 0 aromatic carbocycles. The van der Waals surface area contributed by atoms with E-state index in [2.05, 4.69) is 5.32 Å². The lowest BCUT2D eigenvalue weighted by Crippen LogP contribution is -2.41. The number of hydrogen-bond donors (Lipinski definition) is 2. The predicted octanol–water partition coefficient (Wildman–Crippen LogP) is 2.42. The number of Topliss-reactive ketones (excluding diaryl/α,β-unsaturated/α-hetero) is 1. The second-order valence-corrected chi connectivity index (χ2v) is 6.69. The minimum absolute atomic E-state index is 0.0153. The van der Waals surface area contributed by atoms with Crippen molar-refractivity contribution in [3.63, 3.8) is 0 Å². The summed E-state index contributed by atoms with van der Waals surface area (Å²) in [5, 5.41) is 13.3. The molecule has 2 N–H and O–H groups in total. The summed E-state index contributed by atoms with van der Waals surface area (Å²) in [6.45, 7) is 2.00. The van der Waals surface area contributed by atoms with Crippen molar-refractivity contribution in [2.24, 2.45) is 0 Å². The van der Waals surface area contributed by atoms with Crippen LogP contribution in [0.4, 0.5) is 0 Å². The van der Waals surface area contributed by atoms with Crippen molar-refractivity contribution < 1.29 is 19.5 Å². The minimum Gasteiger partial charge on any atom is -0.480 e. The molecule has 1 unspecified atom stereocenters. The molecular formula is C14H19NO4S2. The molecule has 116 valence electrons. The van der Waals surface area contributed by atoms with Gasteiger partial charge in [-0.15, -0.1) is 11.3 Å². The summed E-state index contributed by atoms with van der Waals surface area (Å²) in [6.07, 6.45) is 0.502. The zero-order valence-corrected chi connectivity index (χ0v) is 13.5. The molecule has 1 aromatic heterocycles. The number of ketones is 1. The lowest BCUT2D eigenvalue weighted by molar-refractivity contribution is -0.141. The fraction of sp³-hybridized carbons (Fsp3) is 0.500. The molecule has 0 aliphatic rings. The van der Waals surface area contributed by atoms with Crippen molar-refractivity contribution in [2.45, 2.75) is 32.2 Å². The zero-order chi connectivity index (χ0) is 15.7. The number of carbonyl (C=O) groups excluding carboxylic acids is 2. The van der Waals surface area contributed by atoms with E-state index in [9.17, 15) is 14.4 Å². The van der Waals surface area contributed by atoms with Gasteiger partial charge < -0.3 is 10.4 Å². The SMILES string of the molecule is CCSCCC(NC(=O)CCC(=O)c1cccs1)C(=O)O. The molecule has 5 nitrogen and oxygen atoms in total. The predicted molar refractivity (Wildman–Crippen MR) is 85.1 cm³/mol. The quantitative estimate of drug-likeness (QED) is 0.509. The fourth-order valence-corrected chi connectivity index (χ4v) is 3.04. The van der Waals surface area contributed by atoms with Crippen molar-refractivity contribution in [3.8, 4) is 0 Å². The summed E-state index contributed by atoms with van der Waals surface area (Å²) in [6, 6.07) is 2.62. The summed E-state index contributed by atoms with van der Waals surface area (Å²) >= 11 is 2.97. The number of aliphatic carboxylic acids is 1. The summed E-state index contributed by atoms with van der Waals surface area (Å²) in [4.78, 5) is 35.2. The summed E-state index contributed by atoms with van der Waals surface area (Å²) < 4.78 is 0. The number of hydrogen-bond acceptors (Lipinski definition) is 5. The molecule has 1 aromatic rings. The van der Waals surface area contributed by atoms with Crippen molar-refractivity contribution in [3.05, 3.63) is 22.4 Å². The summed E-state index contributed by atoms with van der Waals surface area (Å²) in [5.74, 6) is 0.0734. The van der Waals surface area contributed by atoms with Crippen LogP contribution in [0.25, 0.3) is 0 Å².